The van der Waals surface area contributed by atoms with Gasteiger partial charge in [0.05, 0.1) is 11.9 Å². The van der Waals surface area contributed by atoms with Crippen LogP contribution in [0, 0.1) is 13.8 Å². The smallest absolute Gasteiger partial charge is 0.329 e. The summed E-state index contributed by atoms with van der Waals surface area (Å²) in [5, 5.41) is 4.96. The van der Waals surface area contributed by atoms with Gasteiger partial charge in [-0.3, -0.25) is 9.59 Å². The van der Waals surface area contributed by atoms with Crippen molar-refractivity contribution >= 4 is 35.2 Å². The van der Waals surface area contributed by atoms with Crippen molar-refractivity contribution in [3.63, 3.8) is 0 Å². The number of esters is 1. The van der Waals surface area contributed by atoms with Gasteiger partial charge in [-0.05, 0) is 32.4 Å². The molecule has 1 aliphatic heterocycles. The number of rotatable bonds is 5. The van der Waals surface area contributed by atoms with E-state index >= 15 is 0 Å². The summed E-state index contributed by atoms with van der Waals surface area (Å²) in [7, 11) is 0. The Balaban J connectivity index is 1.89. The number of benzene rings is 1. The molecule has 0 aromatic heterocycles. The lowest BCUT2D eigenvalue weighted by atomic mass is 10.1. The monoisotopic (exact) mass is 350 g/mol. The zero-order valence-corrected chi connectivity index (χ0v) is 14.9. The first-order valence-electron chi connectivity index (χ1n) is 7.86. The molecule has 130 valence electrons. The standard InChI is InChI=1S/C17H22N2O4S/c1-4-23-17(22)13-9-24-14(16(21)19-13)8-15(20)18-12-6-5-10(2)7-11(12)3/h5-7,13-14H,4,8-9H2,1-3H3,(H,18,20)(H,19,21). The summed E-state index contributed by atoms with van der Waals surface area (Å²) in [4.78, 5) is 35.9. The van der Waals surface area contributed by atoms with Gasteiger partial charge in [-0.25, -0.2) is 4.79 Å². The van der Waals surface area contributed by atoms with Crippen LogP contribution in [-0.4, -0.2) is 41.4 Å². The minimum atomic E-state index is -0.638. The molecule has 7 heteroatoms. The summed E-state index contributed by atoms with van der Waals surface area (Å²) in [6, 6.07) is 5.13. The highest BCUT2D eigenvalue weighted by atomic mass is 32.2. The van der Waals surface area contributed by atoms with E-state index in [2.05, 4.69) is 10.6 Å². The van der Waals surface area contributed by atoms with Gasteiger partial charge in [0, 0.05) is 17.9 Å². The number of carbonyl (C=O) groups is 3. The minimum Gasteiger partial charge on any atom is -0.464 e. The van der Waals surface area contributed by atoms with Gasteiger partial charge in [0.1, 0.15) is 6.04 Å². The maximum atomic E-state index is 12.2. The van der Waals surface area contributed by atoms with Crippen molar-refractivity contribution in [2.75, 3.05) is 17.7 Å². The largest absolute Gasteiger partial charge is 0.464 e. The molecule has 0 bridgehead atoms. The van der Waals surface area contributed by atoms with Gasteiger partial charge < -0.3 is 15.4 Å². The van der Waals surface area contributed by atoms with E-state index in [1.807, 2.05) is 32.0 Å². The Labute approximate surface area is 145 Å². The number of aryl methyl sites for hydroxylation is 2. The summed E-state index contributed by atoms with van der Waals surface area (Å²) in [6.07, 6.45) is 0.0688. The van der Waals surface area contributed by atoms with E-state index in [0.717, 1.165) is 16.8 Å². The van der Waals surface area contributed by atoms with Crippen LogP contribution in [0.4, 0.5) is 5.69 Å². The first-order chi connectivity index (χ1) is 11.4. The Morgan fingerprint density at radius 1 is 1.38 bits per heavy atom. The SMILES string of the molecule is CCOC(=O)C1CSC(CC(=O)Nc2ccc(C)cc2C)C(=O)N1. The fraction of sp³-hybridized carbons (Fsp3) is 0.471. The molecule has 1 aliphatic rings. The van der Waals surface area contributed by atoms with Gasteiger partial charge in [-0.15, -0.1) is 11.8 Å². The number of amides is 2. The highest BCUT2D eigenvalue weighted by Gasteiger charge is 2.34. The first-order valence-corrected chi connectivity index (χ1v) is 8.91. The molecule has 2 rings (SSSR count). The highest BCUT2D eigenvalue weighted by Crippen LogP contribution is 2.23. The summed E-state index contributed by atoms with van der Waals surface area (Å²) < 4.78 is 4.90. The van der Waals surface area contributed by atoms with Gasteiger partial charge in [0.2, 0.25) is 11.8 Å². The number of nitrogens with one attached hydrogen (secondary N) is 2. The number of anilines is 1. The van der Waals surface area contributed by atoms with Crippen molar-refractivity contribution in [3.05, 3.63) is 29.3 Å². The van der Waals surface area contributed by atoms with Crippen molar-refractivity contribution in [1.82, 2.24) is 5.32 Å². The maximum Gasteiger partial charge on any atom is 0.329 e. The lowest BCUT2D eigenvalue weighted by molar-refractivity contribution is -0.146. The zero-order valence-electron chi connectivity index (χ0n) is 14.0. The predicted molar refractivity (Wildman–Crippen MR) is 94.0 cm³/mol. The lowest BCUT2D eigenvalue weighted by Crippen LogP contribution is -2.51. The molecular formula is C17H22N2O4S. The number of hydrogen-bond acceptors (Lipinski definition) is 5. The Bertz CT molecular complexity index is 647. The van der Waals surface area contributed by atoms with E-state index < -0.39 is 17.3 Å². The van der Waals surface area contributed by atoms with Crippen LogP contribution in [0.2, 0.25) is 0 Å². The second-order valence-electron chi connectivity index (χ2n) is 5.71. The van der Waals surface area contributed by atoms with Gasteiger partial charge in [-0.1, -0.05) is 17.7 Å². The van der Waals surface area contributed by atoms with Crippen LogP contribution in [0.1, 0.15) is 24.5 Å². The molecule has 1 aromatic rings. The van der Waals surface area contributed by atoms with Crippen molar-refractivity contribution in [2.45, 2.75) is 38.5 Å². The molecule has 0 radical (unpaired) electrons. The molecule has 2 N–H and O–H groups in total. The normalized spacial score (nSPS) is 20.2. The summed E-state index contributed by atoms with van der Waals surface area (Å²) >= 11 is 1.31. The van der Waals surface area contributed by atoms with E-state index in [4.69, 9.17) is 4.74 Å². The van der Waals surface area contributed by atoms with Gasteiger partial charge in [0.25, 0.3) is 0 Å². The second-order valence-corrected chi connectivity index (χ2v) is 6.94. The topological polar surface area (TPSA) is 84.5 Å². The number of thioether (sulfide) groups is 1. The molecule has 0 spiro atoms. The molecule has 0 aliphatic carbocycles. The van der Waals surface area contributed by atoms with Crippen molar-refractivity contribution in [3.8, 4) is 0 Å². The van der Waals surface area contributed by atoms with E-state index in [9.17, 15) is 14.4 Å². The van der Waals surface area contributed by atoms with E-state index in [0.29, 0.717) is 5.75 Å². The summed E-state index contributed by atoms with van der Waals surface area (Å²) in [5.41, 5.74) is 2.85. The van der Waals surface area contributed by atoms with E-state index in [1.165, 1.54) is 11.8 Å². The third kappa shape index (κ3) is 4.74. The number of carbonyl (C=O) groups excluding carboxylic acids is 3. The minimum absolute atomic E-state index is 0.0688. The van der Waals surface area contributed by atoms with Crippen LogP contribution in [0.15, 0.2) is 18.2 Å². The fourth-order valence-corrected chi connectivity index (χ4v) is 3.57. The zero-order chi connectivity index (χ0) is 17.7. The van der Waals surface area contributed by atoms with Crippen molar-refractivity contribution in [2.24, 2.45) is 0 Å². The molecule has 0 saturated carbocycles. The second kappa shape index (κ2) is 8.19. The highest BCUT2D eigenvalue weighted by molar-refractivity contribution is 8.00. The van der Waals surface area contributed by atoms with E-state index in [-0.39, 0.29) is 24.8 Å². The Morgan fingerprint density at radius 2 is 2.12 bits per heavy atom. The van der Waals surface area contributed by atoms with Crippen LogP contribution in [0.3, 0.4) is 0 Å². The van der Waals surface area contributed by atoms with Crippen LogP contribution >= 0.6 is 11.8 Å². The van der Waals surface area contributed by atoms with Crippen LogP contribution in [0.25, 0.3) is 0 Å². The Morgan fingerprint density at radius 3 is 2.75 bits per heavy atom. The van der Waals surface area contributed by atoms with Gasteiger partial charge >= 0.3 is 5.97 Å². The molecule has 2 amide bonds. The molecular weight excluding hydrogens is 328 g/mol. The number of ether oxygens (including phenoxy) is 1. The molecule has 6 nitrogen and oxygen atoms in total. The van der Waals surface area contributed by atoms with Gasteiger partial charge in [0.15, 0.2) is 0 Å². The Kier molecular flexibility index (Phi) is 6.25. The lowest BCUT2D eigenvalue weighted by Gasteiger charge is -2.27. The molecule has 1 heterocycles. The molecule has 2 atom stereocenters. The van der Waals surface area contributed by atoms with Crippen LogP contribution in [-0.2, 0) is 19.1 Å². The average molecular weight is 350 g/mol. The molecule has 1 saturated heterocycles. The molecule has 2 unspecified atom stereocenters. The first kappa shape index (κ1) is 18.3. The van der Waals surface area contributed by atoms with Gasteiger partial charge in [-0.2, -0.15) is 0 Å². The third-order valence-electron chi connectivity index (χ3n) is 3.67. The average Bonchev–Trinajstić information content (AvgIpc) is 2.52. The number of hydrogen-bond donors (Lipinski definition) is 2. The van der Waals surface area contributed by atoms with Crippen molar-refractivity contribution in [1.29, 1.82) is 0 Å². The molecule has 1 aromatic carbocycles. The van der Waals surface area contributed by atoms with E-state index in [1.54, 1.807) is 6.92 Å². The quantitative estimate of drug-likeness (QED) is 0.791. The maximum absolute atomic E-state index is 12.2. The van der Waals surface area contributed by atoms with Crippen molar-refractivity contribution < 1.29 is 19.1 Å². The fourth-order valence-electron chi connectivity index (χ4n) is 2.44. The van der Waals surface area contributed by atoms with Crippen LogP contribution < -0.4 is 10.6 Å². The third-order valence-corrected chi connectivity index (χ3v) is 4.98. The summed E-state index contributed by atoms with van der Waals surface area (Å²) in [6.45, 7) is 5.91. The Hall–Kier alpha value is -2.02. The molecule has 1 fully saturated rings. The molecule has 24 heavy (non-hydrogen) atoms. The summed E-state index contributed by atoms with van der Waals surface area (Å²) in [5.74, 6) is -0.549. The van der Waals surface area contributed by atoms with Crippen LogP contribution in [0.5, 0.6) is 0 Å². The predicted octanol–water partition coefficient (Wildman–Crippen LogP) is 1.80.